The Hall–Kier alpha value is -3.68. The van der Waals surface area contributed by atoms with Crippen molar-refractivity contribution >= 4 is 17.5 Å². The minimum Gasteiger partial charge on any atom is -0.491 e. The van der Waals surface area contributed by atoms with Gasteiger partial charge in [0, 0.05) is 19.4 Å². The van der Waals surface area contributed by atoms with Crippen LogP contribution in [0, 0.1) is 5.82 Å². The fourth-order valence-corrected chi connectivity index (χ4v) is 3.45. The zero-order valence-electron chi connectivity index (χ0n) is 16.4. The lowest BCUT2D eigenvalue weighted by Gasteiger charge is -2.24. The van der Waals surface area contributed by atoms with Gasteiger partial charge in [-0.25, -0.2) is 9.37 Å². The molecule has 8 heteroatoms. The van der Waals surface area contributed by atoms with Crippen molar-refractivity contribution in [1.82, 2.24) is 14.9 Å². The Morgan fingerprint density at radius 2 is 2.00 bits per heavy atom. The molecule has 2 amide bonds. The van der Waals surface area contributed by atoms with Crippen molar-refractivity contribution in [2.45, 2.75) is 12.5 Å². The van der Waals surface area contributed by atoms with Gasteiger partial charge in [0.15, 0.2) is 0 Å². The summed E-state index contributed by atoms with van der Waals surface area (Å²) in [4.78, 5) is 31.3. The van der Waals surface area contributed by atoms with Gasteiger partial charge in [0.2, 0.25) is 11.8 Å². The number of halogens is 1. The van der Waals surface area contributed by atoms with Gasteiger partial charge in [-0.3, -0.25) is 14.5 Å². The molecule has 7 nitrogen and oxygen atoms in total. The van der Waals surface area contributed by atoms with Crippen molar-refractivity contribution in [3.8, 4) is 5.75 Å². The predicted molar refractivity (Wildman–Crippen MR) is 109 cm³/mol. The third-order valence-corrected chi connectivity index (χ3v) is 4.96. The molecule has 0 bridgehead atoms. The van der Waals surface area contributed by atoms with E-state index >= 15 is 0 Å². The summed E-state index contributed by atoms with van der Waals surface area (Å²) in [6.07, 6.45) is 3.58. The summed E-state index contributed by atoms with van der Waals surface area (Å²) >= 11 is 0. The molecule has 0 saturated heterocycles. The van der Waals surface area contributed by atoms with E-state index in [-0.39, 0.29) is 37.2 Å². The Bertz CT molecular complexity index is 1060. The largest absolute Gasteiger partial charge is 0.491 e. The average molecular weight is 408 g/mol. The van der Waals surface area contributed by atoms with Crippen LogP contribution in [-0.4, -0.2) is 34.5 Å². The van der Waals surface area contributed by atoms with E-state index in [0.29, 0.717) is 22.8 Å². The fraction of sp³-hybridized carbons (Fsp3) is 0.227. The molecule has 1 aromatic heterocycles. The van der Waals surface area contributed by atoms with Gasteiger partial charge in [0.1, 0.15) is 30.0 Å². The van der Waals surface area contributed by atoms with Crippen LogP contribution >= 0.6 is 0 Å². The van der Waals surface area contributed by atoms with Crippen molar-refractivity contribution < 1.29 is 18.7 Å². The summed E-state index contributed by atoms with van der Waals surface area (Å²) < 4.78 is 20.8. The molecular weight excluding hydrogens is 387 g/mol. The van der Waals surface area contributed by atoms with Crippen LogP contribution in [0.2, 0.25) is 0 Å². The van der Waals surface area contributed by atoms with E-state index in [0.717, 1.165) is 0 Å². The number of nitrogens with zero attached hydrogens (tertiary/aromatic N) is 3. The Labute approximate surface area is 173 Å². The highest BCUT2D eigenvalue weighted by Gasteiger charge is 2.27. The van der Waals surface area contributed by atoms with Crippen LogP contribution in [0.1, 0.15) is 23.9 Å². The van der Waals surface area contributed by atoms with Gasteiger partial charge in [-0.15, -0.1) is 0 Å². The number of anilines is 1. The van der Waals surface area contributed by atoms with Gasteiger partial charge in [0.05, 0.1) is 18.7 Å². The van der Waals surface area contributed by atoms with E-state index in [1.165, 1.54) is 17.0 Å². The summed E-state index contributed by atoms with van der Waals surface area (Å²) in [5.41, 5.74) is 1.25. The molecule has 3 aromatic rings. The van der Waals surface area contributed by atoms with E-state index < -0.39 is 6.04 Å². The second-order valence-electron chi connectivity index (χ2n) is 6.99. The predicted octanol–water partition coefficient (Wildman–Crippen LogP) is 2.58. The molecule has 2 heterocycles. The number of carbonyl (C=O) groups excluding carboxylic acids is 2. The first-order chi connectivity index (χ1) is 14.5. The Kier molecular flexibility index (Phi) is 5.47. The average Bonchev–Trinajstić information content (AvgIpc) is 3.10. The molecule has 1 unspecified atom stereocenters. The zero-order valence-corrected chi connectivity index (χ0v) is 16.4. The summed E-state index contributed by atoms with van der Waals surface area (Å²) in [5.74, 6) is 0.245. The number of para-hydroxylation sites is 2. The molecule has 1 atom stereocenters. The minimum absolute atomic E-state index is 0.165. The number of nitrogens with one attached hydrogen (secondary N) is 1. The van der Waals surface area contributed by atoms with E-state index in [2.05, 4.69) is 10.3 Å². The molecule has 154 valence electrons. The number of fused-ring (bicyclic) bond motifs is 1. The molecule has 1 aliphatic heterocycles. The molecule has 30 heavy (non-hydrogen) atoms. The molecule has 0 aliphatic carbocycles. The van der Waals surface area contributed by atoms with Crippen molar-refractivity contribution in [2.24, 2.45) is 7.05 Å². The fourth-order valence-electron chi connectivity index (χ4n) is 3.45. The number of rotatable bonds is 5. The molecule has 4 rings (SSSR count). The lowest BCUT2D eigenvalue weighted by Crippen LogP contribution is -2.42. The van der Waals surface area contributed by atoms with E-state index in [9.17, 15) is 14.0 Å². The summed E-state index contributed by atoms with van der Waals surface area (Å²) in [6, 6.07) is 12.4. The second-order valence-corrected chi connectivity index (χ2v) is 6.99. The highest BCUT2D eigenvalue weighted by Crippen LogP contribution is 2.31. The third kappa shape index (κ3) is 4.03. The number of amides is 2. The van der Waals surface area contributed by atoms with Gasteiger partial charge < -0.3 is 14.6 Å². The lowest BCUT2D eigenvalue weighted by molar-refractivity contribution is -0.124. The number of imidazole rings is 1. The number of benzene rings is 2. The molecule has 0 saturated carbocycles. The van der Waals surface area contributed by atoms with E-state index in [1.54, 1.807) is 47.3 Å². The maximum atomic E-state index is 13.4. The number of hydrogen-bond donors (Lipinski definition) is 1. The minimum atomic E-state index is -0.591. The molecular formula is C22H21FN4O3. The smallest absolute Gasteiger partial charge is 0.240 e. The Balaban J connectivity index is 1.59. The molecule has 0 spiro atoms. The molecule has 0 fully saturated rings. The number of ether oxygens (including phenoxy) is 1. The quantitative estimate of drug-likeness (QED) is 0.704. The maximum absolute atomic E-state index is 13.4. The molecule has 2 aromatic carbocycles. The lowest BCUT2D eigenvalue weighted by atomic mass is 10.1. The number of carbonyl (C=O) groups is 2. The van der Waals surface area contributed by atoms with E-state index in [1.807, 2.05) is 13.1 Å². The topological polar surface area (TPSA) is 76.5 Å². The maximum Gasteiger partial charge on any atom is 0.240 e. The van der Waals surface area contributed by atoms with Gasteiger partial charge in [-0.1, -0.05) is 24.3 Å². The SMILES string of the molecule is Cn1ccnc1C(NC(=O)CN1C(=O)CCOc2ccccc21)c1ccc(F)cc1. The first-order valence-corrected chi connectivity index (χ1v) is 9.57. The van der Waals surface area contributed by atoms with E-state index in [4.69, 9.17) is 4.74 Å². The summed E-state index contributed by atoms with van der Waals surface area (Å²) in [7, 11) is 1.82. The van der Waals surface area contributed by atoms with Gasteiger partial charge in [-0.2, -0.15) is 0 Å². The Morgan fingerprint density at radius 1 is 1.23 bits per heavy atom. The van der Waals surface area contributed by atoms with Gasteiger partial charge >= 0.3 is 0 Å². The van der Waals surface area contributed by atoms with Crippen LogP contribution in [-0.2, 0) is 16.6 Å². The number of aryl methyl sites for hydroxylation is 1. The van der Waals surface area contributed by atoms with Gasteiger partial charge in [-0.05, 0) is 29.8 Å². The monoisotopic (exact) mass is 408 g/mol. The second kappa shape index (κ2) is 8.36. The normalized spacial score (nSPS) is 14.5. The van der Waals surface area contributed by atoms with Crippen LogP contribution in [0.3, 0.4) is 0 Å². The van der Waals surface area contributed by atoms with Crippen molar-refractivity contribution in [3.63, 3.8) is 0 Å². The van der Waals surface area contributed by atoms with Crippen molar-refractivity contribution in [2.75, 3.05) is 18.1 Å². The zero-order chi connectivity index (χ0) is 21.1. The molecule has 1 aliphatic rings. The molecule has 0 radical (unpaired) electrons. The van der Waals surface area contributed by atoms with Crippen molar-refractivity contribution in [1.29, 1.82) is 0 Å². The Morgan fingerprint density at radius 3 is 2.73 bits per heavy atom. The summed E-state index contributed by atoms with van der Waals surface area (Å²) in [6.45, 7) is 0.0980. The van der Waals surface area contributed by atoms with Crippen LogP contribution in [0.15, 0.2) is 60.9 Å². The highest BCUT2D eigenvalue weighted by molar-refractivity contribution is 6.00. The first kappa shape index (κ1) is 19.6. The molecule has 1 N–H and O–H groups in total. The number of aromatic nitrogens is 2. The third-order valence-electron chi connectivity index (χ3n) is 4.96. The van der Waals surface area contributed by atoms with Crippen LogP contribution in [0.5, 0.6) is 5.75 Å². The van der Waals surface area contributed by atoms with Crippen LogP contribution in [0.4, 0.5) is 10.1 Å². The van der Waals surface area contributed by atoms with Crippen molar-refractivity contribution in [3.05, 3.63) is 78.1 Å². The standard InChI is InChI=1S/C22H21FN4O3/c1-26-12-11-24-22(26)21(15-6-8-16(23)9-7-15)25-19(28)14-27-17-4-2-3-5-18(17)30-13-10-20(27)29/h2-9,11-12,21H,10,13-14H2,1H3,(H,25,28). The highest BCUT2D eigenvalue weighted by atomic mass is 19.1. The summed E-state index contributed by atoms with van der Waals surface area (Å²) in [5, 5.41) is 2.94. The number of hydrogen-bond acceptors (Lipinski definition) is 4. The first-order valence-electron chi connectivity index (χ1n) is 9.57. The van der Waals surface area contributed by atoms with Gasteiger partial charge in [0.25, 0.3) is 0 Å². The van der Waals surface area contributed by atoms with Crippen LogP contribution < -0.4 is 15.0 Å². The van der Waals surface area contributed by atoms with Crippen LogP contribution in [0.25, 0.3) is 0 Å².